The molecule has 0 spiro atoms. The number of Topliss-reactive ketones (excluding diaryl/α,β-unsaturated/α-hetero) is 1. The number of amides is 1. The average Bonchev–Trinajstić information content (AvgIpc) is 2.63. The lowest BCUT2D eigenvalue weighted by Gasteiger charge is -2.43. The van der Waals surface area contributed by atoms with E-state index in [9.17, 15) is 14.0 Å². The van der Waals surface area contributed by atoms with Gasteiger partial charge in [0.1, 0.15) is 5.82 Å². The summed E-state index contributed by atoms with van der Waals surface area (Å²) in [6, 6.07) is 13.9. The molecule has 1 amide bonds. The highest BCUT2D eigenvalue weighted by Crippen LogP contribution is 2.48. The first-order valence-corrected chi connectivity index (χ1v) is 9.74. The molecule has 2 aliphatic rings. The Balaban J connectivity index is 1.90. The van der Waals surface area contributed by atoms with Crippen molar-refractivity contribution in [2.24, 2.45) is 5.41 Å². The molecule has 28 heavy (non-hydrogen) atoms. The normalized spacial score (nSPS) is 21.7. The summed E-state index contributed by atoms with van der Waals surface area (Å²) in [4.78, 5) is 27.9. The van der Waals surface area contributed by atoms with Crippen LogP contribution in [-0.4, -0.2) is 11.7 Å². The summed E-state index contributed by atoms with van der Waals surface area (Å²) in [5.41, 5.74) is 2.63. The minimum Gasteiger partial charge on any atom is -0.294 e. The Labute approximate surface area is 168 Å². The van der Waals surface area contributed by atoms with Gasteiger partial charge in [0.25, 0.3) is 0 Å². The van der Waals surface area contributed by atoms with Crippen molar-refractivity contribution in [3.05, 3.63) is 76.2 Å². The van der Waals surface area contributed by atoms with Crippen molar-refractivity contribution >= 4 is 29.0 Å². The van der Waals surface area contributed by atoms with Crippen LogP contribution in [0.3, 0.4) is 0 Å². The second-order valence-electron chi connectivity index (χ2n) is 8.30. The first kappa shape index (κ1) is 18.9. The molecule has 0 fully saturated rings. The van der Waals surface area contributed by atoms with E-state index in [1.54, 1.807) is 11.0 Å². The van der Waals surface area contributed by atoms with E-state index < -0.39 is 5.82 Å². The van der Waals surface area contributed by atoms with Crippen molar-refractivity contribution in [1.29, 1.82) is 0 Å². The Bertz CT molecular complexity index is 997. The third kappa shape index (κ3) is 3.26. The highest BCUT2D eigenvalue weighted by atomic mass is 35.5. The molecular weight excluding hydrogens is 377 g/mol. The van der Waals surface area contributed by atoms with E-state index in [4.69, 9.17) is 11.6 Å². The van der Waals surface area contributed by atoms with Gasteiger partial charge in [-0.15, -0.1) is 0 Å². The van der Waals surface area contributed by atoms with Crippen LogP contribution in [0, 0.1) is 11.2 Å². The van der Waals surface area contributed by atoms with Gasteiger partial charge < -0.3 is 0 Å². The molecule has 2 aromatic carbocycles. The van der Waals surface area contributed by atoms with Gasteiger partial charge in [-0.1, -0.05) is 55.8 Å². The summed E-state index contributed by atoms with van der Waals surface area (Å²) >= 11 is 5.97. The van der Waals surface area contributed by atoms with Crippen molar-refractivity contribution in [3.8, 4) is 0 Å². The van der Waals surface area contributed by atoms with E-state index >= 15 is 0 Å². The second-order valence-corrected chi connectivity index (χ2v) is 8.70. The molecule has 1 atom stereocenters. The fourth-order valence-corrected chi connectivity index (χ4v) is 4.48. The van der Waals surface area contributed by atoms with Crippen LogP contribution in [0.4, 0.5) is 10.1 Å². The molecular formula is C23H21ClFNO2. The van der Waals surface area contributed by atoms with E-state index in [2.05, 4.69) is 0 Å². The number of ketones is 1. The van der Waals surface area contributed by atoms with Gasteiger partial charge in [0.15, 0.2) is 5.78 Å². The molecule has 0 saturated carbocycles. The molecule has 1 unspecified atom stereocenters. The van der Waals surface area contributed by atoms with Crippen LogP contribution in [-0.2, 0) is 9.59 Å². The summed E-state index contributed by atoms with van der Waals surface area (Å²) in [6.07, 6.45) is 1.24. The Hall–Kier alpha value is -2.46. The largest absolute Gasteiger partial charge is 0.294 e. The zero-order valence-corrected chi connectivity index (χ0v) is 16.6. The summed E-state index contributed by atoms with van der Waals surface area (Å²) in [6.45, 7) is 4.06. The van der Waals surface area contributed by atoms with Gasteiger partial charge in [-0.05, 0) is 35.6 Å². The first-order chi connectivity index (χ1) is 13.3. The number of carbonyl (C=O) groups excluding carboxylic acids is 2. The van der Waals surface area contributed by atoms with Gasteiger partial charge in [-0.25, -0.2) is 4.39 Å². The number of nitrogens with zero attached hydrogens (tertiary/aromatic N) is 1. The van der Waals surface area contributed by atoms with E-state index in [1.807, 2.05) is 44.2 Å². The van der Waals surface area contributed by atoms with E-state index in [1.165, 1.54) is 12.1 Å². The van der Waals surface area contributed by atoms with Crippen LogP contribution in [0.25, 0.3) is 0 Å². The van der Waals surface area contributed by atoms with E-state index in [-0.39, 0.29) is 34.5 Å². The standard InChI is InChI=1S/C23H21ClFNO2/c1-23(2)12-19-22(20(27)13-23)16(14-6-4-3-5-7-14)11-21(28)26(19)15-8-9-18(25)17(24)10-15/h3-10,16H,11-13H2,1-2H3. The van der Waals surface area contributed by atoms with Crippen LogP contribution < -0.4 is 4.90 Å². The number of benzene rings is 2. The third-order valence-electron chi connectivity index (χ3n) is 5.51. The molecule has 5 heteroatoms. The maximum Gasteiger partial charge on any atom is 0.232 e. The van der Waals surface area contributed by atoms with Crippen molar-refractivity contribution in [3.63, 3.8) is 0 Å². The van der Waals surface area contributed by atoms with E-state index in [0.29, 0.717) is 29.8 Å². The highest BCUT2D eigenvalue weighted by Gasteiger charge is 2.44. The summed E-state index contributed by atoms with van der Waals surface area (Å²) in [5.74, 6) is -0.822. The molecule has 144 valence electrons. The highest BCUT2D eigenvalue weighted by molar-refractivity contribution is 6.31. The number of allylic oxidation sites excluding steroid dienone is 2. The summed E-state index contributed by atoms with van der Waals surface area (Å²) in [5, 5.41) is -0.0426. The lowest BCUT2D eigenvalue weighted by molar-refractivity contribution is -0.121. The van der Waals surface area contributed by atoms with Gasteiger partial charge in [0.05, 0.1) is 10.7 Å². The molecule has 0 bridgehead atoms. The first-order valence-electron chi connectivity index (χ1n) is 9.36. The molecule has 0 aromatic heterocycles. The zero-order valence-electron chi connectivity index (χ0n) is 15.8. The summed E-state index contributed by atoms with van der Waals surface area (Å²) in [7, 11) is 0. The van der Waals surface area contributed by atoms with Crippen LogP contribution in [0.15, 0.2) is 59.8 Å². The predicted molar refractivity (Wildman–Crippen MR) is 108 cm³/mol. The van der Waals surface area contributed by atoms with Crippen molar-refractivity contribution in [2.75, 3.05) is 4.90 Å². The topological polar surface area (TPSA) is 37.4 Å². The fourth-order valence-electron chi connectivity index (χ4n) is 4.31. The van der Waals surface area contributed by atoms with E-state index in [0.717, 1.165) is 5.56 Å². The summed E-state index contributed by atoms with van der Waals surface area (Å²) < 4.78 is 13.7. The lowest BCUT2D eigenvalue weighted by Crippen LogP contribution is -2.43. The number of halogens is 2. The average molecular weight is 398 g/mol. The van der Waals surface area contributed by atoms with Gasteiger partial charge >= 0.3 is 0 Å². The molecule has 3 nitrogen and oxygen atoms in total. The number of anilines is 1. The van der Waals surface area contributed by atoms with Gasteiger partial charge in [-0.2, -0.15) is 0 Å². The molecule has 0 saturated heterocycles. The van der Waals surface area contributed by atoms with Gasteiger partial charge in [-0.3, -0.25) is 14.5 Å². The monoisotopic (exact) mass is 397 g/mol. The maximum atomic E-state index is 13.7. The fraction of sp³-hybridized carbons (Fsp3) is 0.304. The Morgan fingerprint density at radius 1 is 1.07 bits per heavy atom. The number of carbonyl (C=O) groups is 2. The molecule has 1 heterocycles. The lowest BCUT2D eigenvalue weighted by atomic mass is 9.69. The van der Waals surface area contributed by atoms with Crippen LogP contribution >= 0.6 is 11.6 Å². The molecule has 1 aliphatic carbocycles. The molecule has 2 aromatic rings. The molecule has 0 N–H and O–H groups in total. The van der Waals surface area contributed by atoms with Crippen LogP contribution in [0.2, 0.25) is 5.02 Å². The molecule has 0 radical (unpaired) electrons. The van der Waals surface area contributed by atoms with Gasteiger partial charge in [0, 0.05) is 30.0 Å². The predicted octanol–water partition coefficient (Wildman–Crippen LogP) is 5.64. The smallest absolute Gasteiger partial charge is 0.232 e. The van der Waals surface area contributed by atoms with Gasteiger partial charge in [0.2, 0.25) is 5.91 Å². The van der Waals surface area contributed by atoms with Crippen molar-refractivity contribution < 1.29 is 14.0 Å². The number of rotatable bonds is 2. The van der Waals surface area contributed by atoms with Crippen LogP contribution in [0.1, 0.15) is 44.6 Å². The Kier molecular flexibility index (Phi) is 4.62. The SMILES string of the molecule is CC1(C)CC(=O)C2=C(C1)N(c1ccc(F)c(Cl)c1)C(=O)CC2c1ccccc1. The Morgan fingerprint density at radius 3 is 2.46 bits per heavy atom. The minimum absolute atomic E-state index is 0.0426. The molecule has 4 rings (SSSR count). The maximum absolute atomic E-state index is 13.7. The van der Waals surface area contributed by atoms with Crippen LogP contribution in [0.5, 0.6) is 0 Å². The minimum atomic E-state index is -0.536. The Morgan fingerprint density at radius 2 is 1.79 bits per heavy atom. The van der Waals surface area contributed by atoms with Crippen molar-refractivity contribution in [2.45, 2.75) is 39.0 Å². The quantitative estimate of drug-likeness (QED) is 0.657. The zero-order chi connectivity index (χ0) is 20.1. The second kappa shape index (κ2) is 6.85. The molecule has 1 aliphatic heterocycles. The van der Waals surface area contributed by atoms with Crippen molar-refractivity contribution in [1.82, 2.24) is 0 Å². The third-order valence-corrected chi connectivity index (χ3v) is 5.80. The number of hydrogen-bond acceptors (Lipinski definition) is 2. The number of hydrogen-bond donors (Lipinski definition) is 0.